The van der Waals surface area contributed by atoms with Gasteiger partial charge in [0.15, 0.2) is 0 Å². The maximum atomic E-state index is 12.3. The van der Waals surface area contributed by atoms with E-state index in [1.165, 1.54) is 18.5 Å². The minimum Gasteiger partial charge on any atom is -0.352 e. The number of anilines is 1. The molecule has 1 aromatic carbocycles. The van der Waals surface area contributed by atoms with E-state index in [0.717, 1.165) is 12.0 Å². The van der Waals surface area contributed by atoms with Gasteiger partial charge in [-0.15, -0.1) is 0 Å². The molecule has 0 unspecified atom stereocenters. The summed E-state index contributed by atoms with van der Waals surface area (Å²) in [5, 5.41) is 6.07. The summed E-state index contributed by atoms with van der Waals surface area (Å²) in [6.45, 7) is 4.43. The van der Waals surface area contributed by atoms with E-state index in [1.54, 1.807) is 12.1 Å². The molecule has 0 radical (unpaired) electrons. The highest BCUT2D eigenvalue weighted by Gasteiger charge is 2.11. The molecular formula is C17H18ClN3O2. The van der Waals surface area contributed by atoms with Crippen molar-refractivity contribution in [3.63, 3.8) is 0 Å². The number of hydrogen-bond acceptors (Lipinski definition) is 3. The average molecular weight is 332 g/mol. The predicted molar refractivity (Wildman–Crippen MR) is 91.0 cm³/mol. The maximum Gasteiger partial charge on any atom is 0.257 e. The van der Waals surface area contributed by atoms with Crippen molar-refractivity contribution in [2.24, 2.45) is 0 Å². The molecule has 0 atom stereocenters. The average Bonchev–Trinajstić information content (AvgIpc) is 2.56. The summed E-state index contributed by atoms with van der Waals surface area (Å²) >= 11 is 6.04. The number of hydrogen-bond donors (Lipinski definition) is 2. The van der Waals surface area contributed by atoms with E-state index in [2.05, 4.69) is 15.6 Å². The van der Waals surface area contributed by atoms with E-state index < -0.39 is 0 Å². The number of pyridine rings is 1. The monoisotopic (exact) mass is 331 g/mol. The van der Waals surface area contributed by atoms with E-state index in [-0.39, 0.29) is 11.8 Å². The van der Waals surface area contributed by atoms with Gasteiger partial charge in [0.1, 0.15) is 0 Å². The number of benzene rings is 1. The molecule has 0 spiro atoms. The molecule has 0 aliphatic carbocycles. The molecule has 2 aromatic rings. The first kappa shape index (κ1) is 17.0. The number of aryl methyl sites for hydroxylation is 1. The van der Waals surface area contributed by atoms with Crippen molar-refractivity contribution in [3.05, 3.63) is 58.4 Å². The molecule has 6 heteroatoms. The van der Waals surface area contributed by atoms with E-state index in [0.29, 0.717) is 28.4 Å². The Morgan fingerprint density at radius 1 is 1.13 bits per heavy atom. The number of amides is 2. The lowest BCUT2D eigenvalue weighted by Gasteiger charge is -2.08. The van der Waals surface area contributed by atoms with Crippen molar-refractivity contribution in [2.75, 3.05) is 11.9 Å². The van der Waals surface area contributed by atoms with Crippen LogP contribution in [0.5, 0.6) is 0 Å². The van der Waals surface area contributed by atoms with Gasteiger partial charge in [0.25, 0.3) is 11.8 Å². The second-order valence-electron chi connectivity index (χ2n) is 5.14. The standard InChI is InChI=1S/C17H18ClN3O2/c1-3-6-20-16(22)12-7-13(10-19-9-12)17(23)21-14-5-4-11(2)15(18)8-14/h4-5,7-10H,3,6H2,1-2H3,(H,20,22)(H,21,23). The van der Waals surface area contributed by atoms with Crippen LogP contribution in [0.3, 0.4) is 0 Å². The normalized spacial score (nSPS) is 10.2. The molecule has 2 N–H and O–H groups in total. The fourth-order valence-corrected chi connectivity index (χ4v) is 2.08. The van der Waals surface area contributed by atoms with Crippen molar-refractivity contribution in [3.8, 4) is 0 Å². The van der Waals surface area contributed by atoms with Gasteiger partial charge in [-0.3, -0.25) is 14.6 Å². The van der Waals surface area contributed by atoms with Crippen LogP contribution in [-0.4, -0.2) is 23.3 Å². The molecule has 1 heterocycles. The number of carbonyl (C=O) groups is 2. The largest absolute Gasteiger partial charge is 0.352 e. The highest BCUT2D eigenvalue weighted by atomic mass is 35.5. The third-order valence-electron chi connectivity index (χ3n) is 3.23. The van der Waals surface area contributed by atoms with Crippen molar-refractivity contribution >= 4 is 29.1 Å². The first-order valence-corrected chi connectivity index (χ1v) is 7.69. The summed E-state index contributed by atoms with van der Waals surface area (Å²) in [6.07, 6.45) is 3.69. The van der Waals surface area contributed by atoms with Crippen molar-refractivity contribution in [2.45, 2.75) is 20.3 Å². The Bertz CT molecular complexity index is 732. The highest BCUT2D eigenvalue weighted by molar-refractivity contribution is 6.31. The Morgan fingerprint density at radius 2 is 1.83 bits per heavy atom. The highest BCUT2D eigenvalue weighted by Crippen LogP contribution is 2.20. The number of nitrogens with one attached hydrogen (secondary N) is 2. The maximum absolute atomic E-state index is 12.3. The van der Waals surface area contributed by atoms with Crippen LogP contribution < -0.4 is 10.6 Å². The van der Waals surface area contributed by atoms with E-state index >= 15 is 0 Å². The predicted octanol–water partition coefficient (Wildman–Crippen LogP) is 3.44. The fraction of sp³-hybridized carbons (Fsp3) is 0.235. The van der Waals surface area contributed by atoms with Crippen molar-refractivity contribution in [1.82, 2.24) is 10.3 Å². The molecule has 23 heavy (non-hydrogen) atoms. The Balaban J connectivity index is 2.13. The van der Waals surface area contributed by atoms with Gasteiger partial charge < -0.3 is 10.6 Å². The zero-order chi connectivity index (χ0) is 16.8. The van der Waals surface area contributed by atoms with Gasteiger partial charge in [0, 0.05) is 29.6 Å². The molecule has 120 valence electrons. The Morgan fingerprint density at radius 3 is 2.48 bits per heavy atom. The zero-order valence-corrected chi connectivity index (χ0v) is 13.8. The second-order valence-corrected chi connectivity index (χ2v) is 5.54. The molecule has 5 nitrogen and oxygen atoms in total. The van der Waals surface area contributed by atoms with Crippen LogP contribution in [0.1, 0.15) is 39.6 Å². The van der Waals surface area contributed by atoms with Crippen LogP contribution in [-0.2, 0) is 0 Å². The van der Waals surface area contributed by atoms with Crippen LogP contribution in [0.25, 0.3) is 0 Å². The van der Waals surface area contributed by atoms with E-state index in [1.807, 2.05) is 19.9 Å². The van der Waals surface area contributed by atoms with E-state index in [9.17, 15) is 9.59 Å². The van der Waals surface area contributed by atoms with Crippen LogP contribution in [0.2, 0.25) is 5.02 Å². The minimum absolute atomic E-state index is 0.243. The molecule has 0 saturated carbocycles. The van der Waals surface area contributed by atoms with Gasteiger partial charge in [-0.05, 0) is 37.1 Å². The van der Waals surface area contributed by atoms with Crippen LogP contribution >= 0.6 is 11.6 Å². The van der Waals surface area contributed by atoms with Crippen LogP contribution in [0, 0.1) is 6.92 Å². The Labute approximate surface area is 140 Å². The third kappa shape index (κ3) is 4.53. The molecule has 0 aliphatic heterocycles. The minimum atomic E-state index is -0.345. The number of aromatic nitrogens is 1. The summed E-state index contributed by atoms with van der Waals surface area (Å²) in [5.41, 5.74) is 2.19. The zero-order valence-electron chi connectivity index (χ0n) is 13.0. The van der Waals surface area contributed by atoms with Gasteiger partial charge in [0.05, 0.1) is 11.1 Å². The Hall–Kier alpha value is -2.40. The quantitative estimate of drug-likeness (QED) is 0.881. The van der Waals surface area contributed by atoms with Gasteiger partial charge >= 0.3 is 0 Å². The molecule has 0 saturated heterocycles. The first-order valence-electron chi connectivity index (χ1n) is 7.32. The number of halogens is 1. The Kier molecular flexibility index (Phi) is 5.71. The lowest BCUT2D eigenvalue weighted by Crippen LogP contribution is -2.24. The number of nitrogens with zero attached hydrogens (tertiary/aromatic N) is 1. The summed E-state index contributed by atoms with van der Waals surface area (Å²) in [6, 6.07) is 6.79. The third-order valence-corrected chi connectivity index (χ3v) is 3.64. The molecule has 2 amide bonds. The van der Waals surface area contributed by atoms with Gasteiger partial charge in [0.2, 0.25) is 0 Å². The molecule has 1 aromatic heterocycles. The van der Waals surface area contributed by atoms with Crippen LogP contribution in [0.15, 0.2) is 36.7 Å². The van der Waals surface area contributed by atoms with Gasteiger partial charge in [-0.2, -0.15) is 0 Å². The number of carbonyl (C=O) groups excluding carboxylic acids is 2. The molecule has 0 fully saturated rings. The molecule has 0 aliphatic rings. The van der Waals surface area contributed by atoms with Crippen LogP contribution in [0.4, 0.5) is 5.69 Å². The molecule has 0 bridgehead atoms. The summed E-state index contributed by atoms with van der Waals surface area (Å²) in [5.74, 6) is -0.588. The van der Waals surface area contributed by atoms with E-state index in [4.69, 9.17) is 11.6 Å². The van der Waals surface area contributed by atoms with Gasteiger partial charge in [-0.1, -0.05) is 24.6 Å². The van der Waals surface area contributed by atoms with Crippen molar-refractivity contribution in [1.29, 1.82) is 0 Å². The van der Waals surface area contributed by atoms with Gasteiger partial charge in [-0.25, -0.2) is 0 Å². The fourth-order valence-electron chi connectivity index (χ4n) is 1.90. The second kappa shape index (κ2) is 7.74. The SMILES string of the molecule is CCCNC(=O)c1cncc(C(=O)Nc2ccc(C)c(Cl)c2)c1. The van der Waals surface area contributed by atoms with Crippen molar-refractivity contribution < 1.29 is 9.59 Å². The smallest absolute Gasteiger partial charge is 0.257 e. The lowest BCUT2D eigenvalue weighted by molar-refractivity contribution is 0.0953. The lowest BCUT2D eigenvalue weighted by atomic mass is 10.1. The first-order chi connectivity index (χ1) is 11.0. The topological polar surface area (TPSA) is 71.1 Å². The summed E-state index contributed by atoms with van der Waals surface area (Å²) in [4.78, 5) is 28.2. The number of rotatable bonds is 5. The molecular weight excluding hydrogens is 314 g/mol. The molecule has 2 rings (SSSR count). The summed E-state index contributed by atoms with van der Waals surface area (Å²) in [7, 11) is 0. The summed E-state index contributed by atoms with van der Waals surface area (Å²) < 4.78 is 0.